The van der Waals surface area contributed by atoms with E-state index in [0.29, 0.717) is 5.92 Å². The molecule has 1 aliphatic heterocycles. The quantitative estimate of drug-likeness (QED) is 0.620. The standard InChI is InChI=1S/C8H14N4O/c1-12-7(10-8(13)11-12)6-2-4-9-5-3-6/h6,9H,2-5H2,1H3,(H,11,13). The van der Waals surface area contributed by atoms with Crippen LogP contribution in [0.3, 0.4) is 0 Å². The zero-order valence-electron chi connectivity index (χ0n) is 7.71. The van der Waals surface area contributed by atoms with Crippen molar-refractivity contribution in [1.29, 1.82) is 0 Å². The molecule has 0 atom stereocenters. The first-order valence-electron chi connectivity index (χ1n) is 4.61. The lowest BCUT2D eigenvalue weighted by Gasteiger charge is -2.21. The Morgan fingerprint density at radius 1 is 1.46 bits per heavy atom. The summed E-state index contributed by atoms with van der Waals surface area (Å²) >= 11 is 0. The second-order valence-electron chi connectivity index (χ2n) is 3.47. The molecule has 0 radical (unpaired) electrons. The fourth-order valence-corrected chi connectivity index (χ4v) is 1.85. The Hall–Kier alpha value is -1.10. The second-order valence-corrected chi connectivity index (χ2v) is 3.47. The molecular weight excluding hydrogens is 168 g/mol. The van der Waals surface area contributed by atoms with Crippen molar-refractivity contribution < 1.29 is 0 Å². The van der Waals surface area contributed by atoms with Crippen LogP contribution in [-0.2, 0) is 7.05 Å². The van der Waals surface area contributed by atoms with Crippen LogP contribution in [0.5, 0.6) is 0 Å². The van der Waals surface area contributed by atoms with Crippen LogP contribution in [0.1, 0.15) is 24.6 Å². The van der Waals surface area contributed by atoms with E-state index in [1.807, 2.05) is 7.05 Å². The largest absolute Gasteiger partial charge is 0.361 e. The molecule has 2 rings (SSSR count). The van der Waals surface area contributed by atoms with Gasteiger partial charge in [0.1, 0.15) is 5.82 Å². The molecular formula is C8H14N4O. The Morgan fingerprint density at radius 3 is 2.69 bits per heavy atom. The van der Waals surface area contributed by atoms with Gasteiger partial charge in [-0.3, -0.25) is 4.68 Å². The lowest BCUT2D eigenvalue weighted by atomic mass is 9.97. The third-order valence-corrected chi connectivity index (χ3v) is 2.53. The van der Waals surface area contributed by atoms with Crippen LogP contribution in [-0.4, -0.2) is 27.9 Å². The van der Waals surface area contributed by atoms with Gasteiger partial charge in [0.25, 0.3) is 0 Å². The van der Waals surface area contributed by atoms with Crippen molar-refractivity contribution in [3.63, 3.8) is 0 Å². The third-order valence-electron chi connectivity index (χ3n) is 2.53. The van der Waals surface area contributed by atoms with E-state index in [-0.39, 0.29) is 5.69 Å². The molecule has 2 N–H and O–H groups in total. The van der Waals surface area contributed by atoms with E-state index in [1.165, 1.54) is 0 Å². The van der Waals surface area contributed by atoms with Gasteiger partial charge in [-0.15, -0.1) is 0 Å². The number of H-pyrrole nitrogens is 1. The van der Waals surface area contributed by atoms with E-state index in [2.05, 4.69) is 15.4 Å². The van der Waals surface area contributed by atoms with Crippen molar-refractivity contribution in [2.45, 2.75) is 18.8 Å². The fraction of sp³-hybridized carbons (Fsp3) is 0.750. The lowest BCUT2D eigenvalue weighted by Crippen LogP contribution is -2.28. The van der Waals surface area contributed by atoms with E-state index < -0.39 is 0 Å². The minimum Gasteiger partial charge on any atom is -0.317 e. The van der Waals surface area contributed by atoms with Crippen molar-refractivity contribution in [3.8, 4) is 0 Å². The number of hydrogen-bond acceptors (Lipinski definition) is 3. The van der Waals surface area contributed by atoms with E-state index in [1.54, 1.807) is 4.68 Å². The number of piperidine rings is 1. The van der Waals surface area contributed by atoms with Gasteiger partial charge in [-0.25, -0.2) is 9.89 Å². The first kappa shape index (κ1) is 8.50. The van der Waals surface area contributed by atoms with Crippen molar-refractivity contribution in [1.82, 2.24) is 20.1 Å². The molecule has 13 heavy (non-hydrogen) atoms. The van der Waals surface area contributed by atoms with E-state index in [4.69, 9.17) is 0 Å². The van der Waals surface area contributed by atoms with Crippen LogP contribution >= 0.6 is 0 Å². The molecule has 1 saturated heterocycles. The second kappa shape index (κ2) is 3.33. The summed E-state index contributed by atoms with van der Waals surface area (Å²) < 4.78 is 1.73. The summed E-state index contributed by atoms with van der Waals surface area (Å²) in [7, 11) is 1.84. The highest BCUT2D eigenvalue weighted by Crippen LogP contribution is 2.21. The van der Waals surface area contributed by atoms with Crippen molar-refractivity contribution in [2.24, 2.45) is 7.05 Å². The van der Waals surface area contributed by atoms with Gasteiger partial charge < -0.3 is 5.32 Å². The summed E-state index contributed by atoms with van der Waals surface area (Å²) in [6.07, 6.45) is 2.14. The third kappa shape index (κ3) is 1.65. The Morgan fingerprint density at radius 2 is 2.15 bits per heavy atom. The van der Waals surface area contributed by atoms with Crippen LogP contribution in [0.2, 0.25) is 0 Å². The number of aryl methyl sites for hydroxylation is 1. The summed E-state index contributed by atoms with van der Waals surface area (Å²) in [6.45, 7) is 2.04. The highest BCUT2D eigenvalue weighted by Gasteiger charge is 2.19. The molecule has 2 heterocycles. The molecule has 0 unspecified atom stereocenters. The molecule has 0 bridgehead atoms. The van der Waals surface area contributed by atoms with Crippen LogP contribution in [0.4, 0.5) is 0 Å². The van der Waals surface area contributed by atoms with Crippen LogP contribution in [0.15, 0.2) is 4.79 Å². The monoisotopic (exact) mass is 182 g/mol. The molecule has 1 aromatic heterocycles. The number of nitrogens with zero attached hydrogens (tertiary/aromatic N) is 2. The molecule has 0 spiro atoms. The molecule has 0 aromatic carbocycles. The number of aromatic nitrogens is 3. The average Bonchev–Trinajstić information content (AvgIpc) is 2.47. The zero-order valence-corrected chi connectivity index (χ0v) is 7.71. The van der Waals surface area contributed by atoms with E-state index in [9.17, 15) is 4.79 Å². The van der Waals surface area contributed by atoms with Gasteiger partial charge in [-0.2, -0.15) is 4.98 Å². The Bertz CT molecular complexity index is 334. The summed E-state index contributed by atoms with van der Waals surface area (Å²) in [5, 5.41) is 5.92. The van der Waals surface area contributed by atoms with Gasteiger partial charge in [-0.05, 0) is 25.9 Å². The first-order chi connectivity index (χ1) is 6.27. The van der Waals surface area contributed by atoms with Crippen LogP contribution in [0.25, 0.3) is 0 Å². The minimum absolute atomic E-state index is 0.240. The molecule has 0 aliphatic carbocycles. The molecule has 1 aliphatic rings. The van der Waals surface area contributed by atoms with Gasteiger partial charge >= 0.3 is 5.69 Å². The smallest absolute Gasteiger partial charge is 0.317 e. The van der Waals surface area contributed by atoms with Gasteiger partial charge in [-0.1, -0.05) is 0 Å². The van der Waals surface area contributed by atoms with E-state index in [0.717, 1.165) is 31.8 Å². The lowest BCUT2D eigenvalue weighted by molar-refractivity contribution is 0.432. The Labute approximate surface area is 76.2 Å². The maximum absolute atomic E-state index is 11.0. The van der Waals surface area contributed by atoms with Crippen molar-refractivity contribution in [3.05, 3.63) is 16.3 Å². The summed E-state index contributed by atoms with van der Waals surface area (Å²) in [6, 6.07) is 0. The molecule has 5 heteroatoms. The van der Waals surface area contributed by atoms with Gasteiger partial charge in [0.2, 0.25) is 0 Å². The van der Waals surface area contributed by atoms with Crippen LogP contribution in [0, 0.1) is 0 Å². The maximum Gasteiger partial charge on any atom is 0.361 e. The molecule has 0 amide bonds. The average molecular weight is 182 g/mol. The molecule has 5 nitrogen and oxygen atoms in total. The van der Waals surface area contributed by atoms with Gasteiger partial charge in [0.05, 0.1) is 0 Å². The summed E-state index contributed by atoms with van der Waals surface area (Å²) in [4.78, 5) is 14.9. The topological polar surface area (TPSA) is 62.7 Å². The highest BCUT2D eigenvalue weighted by molar-refractivity contribution is 4.97. The highest BCUT2D eigenvalue weighted by atomic mass is 16.1. The Balaban J connectivity index is 2.23. The maximum atomic E-state index is 11.0. The minimum atomic E-state index is -0.240. The Kier molecular flexibility index (Phi) is 2.18. The molecule has 1 aromatic rings. The van der Waals surface area contributed by atoms with Gasteiger partial charge in [0, 0.05) is 13.0 Å². The number of nitrogens with one attached hydrogen (secondary N) is 2. The predicted octanol–water partition coefficient (Wildman–Crippen LogP) is -0.425. The summed E-state index contributed by atoms with van der Waals surface area (Å²) in [5.74, 6) is 1.33. The normalized spacial score (nSPS) is 19.2. The van der Waals surface area contributed by atoms with E-state index >= 15 is 0 Å². The number of rotatable bonds is 1. The summed E-state index contributed by atoms with van der Waals surface area (Å²) in [5.41, 5.74) is -0.240. The molecule has 0 saturated carbocycles. The molecule has 1 fully saturated rings. The van der Waals surface area contributed by atoms with Gasteiger partial charge in [0.15, 0.2) is 0 Å². The SMILES string of the molecule is Cn1[nH]c(=O)nc1C1CCNCC1. The zero-order chi connectivity index (χ0) is 9.26. The molecule has 72 valence electrons. The van der Waals surface area contributed by atoms with Crippen molar-refractivity contribution >= 4 is 0 Å². The predicted molar refractivity (Wildman–Crippen MR) is 48.7 cm³/mol. The number of aromatic amines is 1. The fourth-order valence-electron chi connectivity index (χ4n) is 1.85. The number of hydrogen-bond donors (Lipinski definition) is 2. The first-order valence-corrected chi connectivity index (χ1v) is 4.61. The van der Waals surface area contributed by atoms with Crippen LogP contribution < -0.4 is 11.0 Å². The van der Waals surface area contributed by atoms with Crippen molar-refractivity contribution in [2.75, 3.05) is 13.1 Å².